The Morgan fingerprint density at radius 3 is 2.61 bits per heavy atom. The highest BCUT2D eigenvalue weighted by atomic mass is 19.3. The third kappa shape index (κ3) is 3.52. The molecule has 2 rings (SSSR count). The first-order valence-corrected chi connectivity index (χ1v) is 6.68. The predicted octanol–water partition coefficient (Wildman–Crippen LogP) is 3.82. The van der Waals surface area contributed by atoms with Crippen LogP contribution in [0.3, 0.4) is 0 Å². The fourth-order valence-corrected chi connectivity index (χ4v) is 2.95. The summed E-state index contributed by atoms with van der Waals surface area (Å²) in [6, 6.07) is 10.2. The SMILES string of the molecule is CNCC(CC1CCC(F)(F)C1)c1ccccc1. The van der Waals surface area contributed by atoms with Crippen molar-refractivity contribution >= 4 is 0 Å². The number of hydrogen-bond acceptors (Lipinski definition) is 1. The van der Waals surface area contributed by atoms with Gasteiger partial charge in [-0.15, -0.1) is 0 Å². The van der Waals surface area contributed by atoms with Gasteiger partial charge in [-0.3, -0.25) is 0 Å². The highest BCUT2D eigenvalue weighted by molar-refractivity contribution is 5.20. The maximum absolute atomic E-state index is 13.2. The van der Waals surface area contributed by atoms with Gasteiger partial charge in [0.2, 0.25) is 5.92 Å². The van der Waals surface area contributed by atoms with E-state index in [0.29, 0.717) is 12.3 Å². The van der Waals surface area contributed by atoms with E-state index in [2.05, 4.69) is 17.4 Å². The molecule has 2 unspecified atom stereocenters. The molecule has 0 aromatic heterocycles. The monoisotopic (exact) mass is 253 g/mol. The number of nitrogens with one attached hydrogen (secondary N) is 1. The molecule has 1 aliphatic rings. The van der Waals surface area contributed by atoms with E-state index in [1.165, 1.54) is 5.56 Å². The van der Waals surface area contributed by atoms with E-state index in [0.717, 1.165) is 13.0 Å². The summed E-state index contributed by atoms with van der Waals surface area (Å²) in [4.78, 5) is 0. The average Bonchev–Trinajstić information content (AvgIpc) is 2.69. The molecule has 0 spiro atoms. The number of likely N-dealkylation sites (N-methyl/N-ethyl adjacent to an activating group) is 1. The van der Waals surface area contributed by atoms with Crippen molar-refractivity contribution in [1.29, 1.82) is 0 Å². The second-order valence-corrected chi connectivity index (χ2v) is 5.37. The second-order valence-electron chi connectivity index (χ2n) is 5.37. The van der Waals surface area contributed by atoms with E-state index >= 15 is 0 Å². The molecule has 1 N–H and O–H groups in total. The van der Waals surface area contributed by atoms with Gasteiger partial charge >= 0.3 is 0 Å². The van der Waals surface area contributed by atoms with Crippen LogP contribution in [-0.2, 0) is 0 Å². The third-order valence-electron chi connectivity index (χ3n) is 3.85. The van der Waals surface area contributed by atoms with Crippen LogP contribution in [0.2, 0.25) is 0 Å². The van der Waals surface area contributed by atoms with Gasteiger partial charge in [0.1, 0.15) is 0 Å². The van der Waals surface area contributed by atoms with Crippen molar-refractivity contribution < 1.29 is 8.78 Å². The Morgan fingerprint density at radius 1 is 1.33 bits per heavy atom. The van der Waals surface area contributed by atoms with Crippen molar-refractivity contribution in [2.75, 3.05) is 13.6 Å². The lowest BCUT2D eigenvalue weighted by Crippen LogP contribution is -2.20. The molecule has 0 bridgehead atoms. The maximum Gasteiger partial charge on any atom is 0.248 e. The molecule has 100 valence electrons. The van der Waals surface area contributed by atoms with Crippen LogP contribution in [0, 0.1) is 5.92 Å². The fraction of sp³-hybridized carbons (Fsp3) is 0.600. The quantitative estimate of drug-likeness (QED) is 0.841. The largest absolute Gasteiger partial charge is 0.319 e. The van der Waals surface area contributed by atoms with Crippen molar-refractivity contribution in [2.45, 2.75) is 37.5 Å². The van der Waals surface area contributed by atoms with E-state index in [4.69, 9.17) is 0 Å². The summed E-state index contributed by atoms with van der Waals surface area (Å²) in [5, 5.41) is 3.17. The smallest absolute Gasteiger partial charge is 0.248 e. The molecule has 1 aromatic carbocycles. The first-order valence-electron chi connectivity index (χ1n) is 6.68. The molecule has 0 aliphatic heterocycles. The molecule has 0 heterocycles. The molecule has 1 aromatic rings. The molecule has 3 heteroatoms. The van der Waals surface area contributed by atoms with Gasteiger partial charge in [-0.05, 0) is 37.3 Å². The number of alkyl halides is 2. The minimum absolute atomic E-state index is 0.0682. The third-order valence-corrected chi connectivity index (χ3v) is 3.85. The Balaban J connectivity index is 1.99. The number of rotatable bonds is 5. The second kappa shape index (κ2) is 5.79. The predicted molar refractivity (Wildman–Crippen MR) is 70.0 cm³/mol. The van der Waals surface area contributed by atoms with Gasteiger partial charge in [0.05, 0.1) is 0 Å². The minimum Gasteiger partial charge on any atom is -0.319 e. The van der Waals surface area contributed by atoms with Crippen LogP contribution in [-0.4, -0.2) is 19.5 Å². The lowest BCUT2D eigenvalue weighted by Gasteiger charge is -2.21. The molecule has 0 amide bonds. The van der Waals surface area contributed by atoms with E-state index in [-0.39, 0.29) is 18.8 Å². The van der Waals surface area contributed by atoms with Crippen molar-refractivity contribution in [1.82, 2.24) is 5.32 Å². The summed E-state index contributed by atoms with van der Waals surface area (Å²) in [5.74, 6) is -1.92. The van der Waals surface area contributed by atoms with Gasteiger partial charge in [-0.1, -0.05) is 30.3 Å². The molecule has 0 saturated heterocycles. The van der Waals surface area contributed by atoms with Gasteiger partial charge in [-0.25, -0.2) is 8.78 Å². The average molecular weight is 253 g/mol. The van der Waals surface area contributed by atoms with Gasteiger partial charge in [-0.2, -0.15) is 0 Å². The molecule has 0 radical (unpaired) electrons. The normalized spacial score (nSPS) is 24.1. The van der Waals surface area contributed by atoms with Gasteiger partial charge in [0.15, 0.2) is 0 Å². The Bertz CT molecular complexity index is 364. The van der Waals surface area contributed by atoms with E-state index in [9.17, 15) is 8.78 Å². The van der Waals surface area contributed by atoms with Crippen LogP contribution < -0.4 is 5.32 Å². The maximum atomic E-state index is 13.2. The summed E-state index contributed by atoms with van der Waals surface area (Å²) in [6.07, 6.45) is 1.67. The van der Waals surface area contributed by atoms with Gasteiger partial charge in [0.25, 0.3) is 0 Å². The summed E-state index contributed by atoms with van der Waals surface area (Å²) in [5.41, 5.74) is 1.25. The van der Waals surface area contributed by atoms with Crippen LogP contribution in [0.15, 0.2) is 30.3 Å². The van der Waals surface area contributed by atoms with Crippen molar-refractivity contribution in [3.8, 4) is 0 Å². The molecule has 18 heavy (non-hydrogen) atoms. The van der Waals surface area contributed by atoms with Crippen molar-refractivity contribution in [3.05, 3.63) is 35.9 Å². The highest BCUT2D eigenvalue weighted by Gasteiger charge is 2.39. The molecular weight excluding hydrogens is 232 g/mol. The Hall–Kier alpha value is -0.960. The summed E-state index contributed by atoms with van der Waals surface area (Å²) >= 11 is 0. The summed E-state index contributed by atoms with van der Waals surface area (Å²) in [6.45, 7) is 0.853. The van der Waals surface area contributed by atoms with Crippen LogP contribution in [0.25, 0.3) is 0 Å². The molecular formula is C15H21F2N. The minimum atomic E-state index is -2.43. The number of hydrogen-bond donors (Lipinski definition) is 1. The fourth-order valence-electron chi connectivity index (χ4n) is 2.95. The standard InChI is InChI=1S/C15H21F2N/c1-18-11-14(13-5-3-2-4-6-13)9-12-7-8-15(16,17)10-12/h2-6,12,14,18H,7-11H2,1H3. The zero-order valence-corrected chi connectivity index (χ0v) is 10.8. The Labute approximate surface area is 108 Å². The zero-order valence-electron chi connectivity index (χ0n) is 10.8. The van der Waals surface area contributed by atoms with E-state index in [1.54, 1.807) is 0 Å². The zero-order chi connectivity index (χ0) is 13.0. The van der Waals surface area contributed by atoms with E-state index < -0.39 is 5.92 Å². The van der Waals surface area contributed by atoms with Gasteiger partial charge in [0, 0.05) is 19.4 Å². The first-order chi connectivity index (χ1) is 8.61. The van der Waals surface area contributed by atoms with E-state index in [1.807, 2.05) is 25.2 Å². The summed E-state index contributed by atoms with van der Waals surface area (Å²) < 4.78 is 26.4. The molecule has 2 atom stereocenters. The van der Waals surface area contributed by atoms with Crippen LogP contribution >= 0.6 is 0 Å². The number of benzene rings is 1. The lowest BCUT2D eigenvalue weighted by atomic mass is 9.88. The topological polar surface area (TPSA) is 12.0 Å². The Kier molecular flexibility index (Phi) is 4.33. The van der Waals surface area contributed by atoms with Gasteiger partial charge < -0.3 is 5.32 Å². The van der Waals surface area contributed by atoms with Crippen LogP contribution in [0.4, 0.5) is 8.78 Å². The molecule has 1 nitrogen and oxygen atoms in total. The summed E-state index contributed by atoms with van der Waals surface area (Å²) in [7, 11) is 1.92. The molecule has 1 aliphatic carbocycles. The van der Waals surface area contributed by atoms with Crippen molar-refractivity contribution in [2.24, 2.45) is 5.92 Å². The Morgan fingerprint density at radius 2 is 2.06 bits per heavy atom. The van der Waals surface area contributed by atoms with Crippen molar-refractivity contribution in [3.63, 3.8) is 0 Å². The van der Waals surface area contributed by atoms with Crippen LogP contribution in [0.1, 0.15) is 37.2 Å². The molecule has 1 saturated carbocycles. The lowest BCUT2D eigenvalue weighted by molar-refractivity contribution is 0.00444. The first kappa shape index (κ1) is 13.5. The van der Waals surface area contributed by atoms with Crippen LogP contribution in [0.5, 0.6) is 0 Å². The molecule has 1 fully saturated rings. The number of halogens is 2. The highest BCUT2D eigenvalue weighted by Crippen LogP contribution is 2.42.